The second-order valence-corrected chi connectivity index (χ2v) is 8.76. The zero-order valence-corrected chi connectivity index (χ0v) is 19.0. The van der Waals surface area contributed by atoms with Crippen LogP contribution in [0.25, 0.3) is 0 Å². The molecule has 3 aromatic rings. The summed E-state index contributed by atoms with van der Waals surface area (Å²) in [4.78, 5) is 29.9. The average molecular weight is 460 g/mol. The number of rotatable bonds is 9. The molecule has 3 rings (SSSR count). The van der Waals surface area contributed by atoms with E-state index in [0.29, 0.717) is 22.2 Å². The number of amides is 2. The van der Waals surface area contributed by atoms with Gasteiger partial charge in [-0.2, -0.15) is 0 Å². The van der Waals surface area contributed by atoms with E-state index in [1.807, 2.05) is 29.8 Å². The van der Waals surface area contributed by atoms with Gasteiger partial charge in [0, 0.05) is 21.7 Å². The maximum atomic E-state index is 12.5. The number of methoxy groups -OCH3 is 1. The van der Waals surface area contributed by atoms with Gasteiger partial charge >= 0.3 is 0 Å². The first-order valence-corrected chi connectivity index (χ1v) is 12.3. The lowest BCUT2D eigenvalue weighted by Gasteiger charge is -2.06. The number of hydrogen-bond acceptors (Lipinski definition) is 7. The molecule has 0 radical (unpaired) electrons. The number of thioether (sulfide) groups is 2. The molecule has 9 heteroatoms. The fourth-order valence-electron chi connectivity index (χ4n) is 2.55. The molecule has 6 nitrogen and oxygen atoms in total. The van der Waals surface area contributed by atoms with Crippen molar-refractivity contribution in [1.29, 1.82) is 0 Å². The number of nitrogens with zero attached hydrogens (tertiary/aromatic N) is 1. The Morgan fingerprint density at radius 2 is 1.87 bits per heavy atom. The lowest BCUT2D eigenvalue weighted by atomic mass is 10.2. The molecule has 0 atom stereocenters. The molecule has 0 aliphatic heterocycles. The van der Waals surface area contributed by atoms with E-state index in [4.69, 9.17) is 4.74 Å². The number of carbonyl (C=O) groups excluding carboxylic acids is 2. The minimum absolute atomic E-state index is 0.0809. The van der Waals surface area contributed by atoms with Gasteiger partial charge in [-0.3, -0.25) is 14.9 Å². The predicted octanol–water partition coefficient (Wildman–Crippen LogP) is 5.00. The van der Waals surface area contributed by atoms with E-state index in [2.05, 4.69) is 15.6 Å². The second-order valence-electron chi connectivity index (χ2n) is 6.07. The summed E-state index contributed by atoms with van der Waals surface area (Å²) < 4.78 is 5.10. The smallest absolute Gasteiger partial charge is 0.258 e. The standard InChI is InChI=1S/C21H21N3O3S3/c1-27-16-9-7-14(8-10-16)22-19(25)13-29-11-15-12-30-21(23-15)24-20(26)17-5-3-4-6-18(17)28-2/h3-10,12H,11,13H2,1-2H3,(H,22,25)(H,23,24,26). The summed E-state index contributed by atoms with van der Waals surface area (Å²) in [5.41, 5.74) is 2.19. The van der Waals surface area contributed by atoms with Crippen LogP contribution in [0.5, 0.6) is 5.75 Å². The van der Waals surface area contributed by atoms with Gasteiger partial charge in [-0.05, 0) is 42.7 Å². The first-order chi connectivity index (χ1) is 14.6. The fourth-order valence-corrected chi connectivity index (χ4v) is 4.67. The number of hydrogen-bond donors (Lipinski definition) is 2. The van der Waals surface area contributed by atoms with Crippen LogP contribution in [0.4, 0.5) is 10.8 Å². The van der Waals surface area contributed by atoms with E-state index in [-0.39, 0.29) is 11.8 Å². The molecule has 2 N–H and O–H groups in total. The summed E-state index contributed by atoms with van der Waals surface area (Å²) >= 11 is 4.37. The molecular weight excluding hydrogens is 438 g/mol. The van der Waals surface area contributed by atoms with Gasteiger partial charge < -0.3 is 10.1 Å². The first kappa shape index (κ1) is 22.2. The lowest BCUT2D eigenvalue weighted by molar-refractivity contribution is -0.113. The second kappa shape index (κ2) is 11.1. The molecule has 0 fully saturated rings. The van der Waals surface area contributed by atoms with E-state index in [9.17, 15) is 9.59 Å². The van der Waals surface area contributed by atoms with Crippen molar-refractivity contribution in [2.24, 2.45) is 0 Å². The Morgan fingerprint density at radius 3 is 2.60 bits per heavy atom. The number of ether oxygens (including phenoxy) is 1. The van der Waals surface area contributed by atoms with Crippen LogP contribution in [-0.4, -0.2) is 35.9 Å². The van der Waals surface area contributed by atoms with Crippen molar-refractivity contribution >= 4 is 57.5 Å². The Labute approximate surface area is 187 Å². The van der Waals surface area contributed by atoms with Crippen molar-refractivity contribution in [2.45, 2.75) is 10.6 Å². The van der Waals surface area contributed by atoms with E-state index < -0.39 is 0 Å². The van der Waals surface area contributed by atoms with Crippen LogP contribution in [0.15, 0.2) is 58.8 Å². The van der Waals surface area contributed by atoms with Crippen LogP contribution in [0.2, 0.25) is 0 Å². The summed E-state index contributed by atoms with van der Waals surface area (Å²) in [6.07, 6.45) is 1.94. The minimum atomic E-state index is -0.174. The number of carbonyl (C=O) groups is 2. The van der Waals surface area contributed by atoms with Crippen molar-refractivity contribution in [2.75, 3.05) is 29.8 Å². The van der Waals surface area contributed by atoms with Crippen LogP contribution >= 0.6 is 34.9 Å². The Bertz CT molecular complexity index is 1010. The Morgan fingerprint density at radius 1 is 1.10 bits per heavy atom. The molecule has 1 aromatic heterocycles. The van der Waals surface area contributed by atoms with Gasteiger partial charge in [-0.1, -0.05) is 12.1 Å². The summed E-state index contributed by atoms with van der Waals surface area (Å²) in [6, 6.07) is 14.7. The third kappa shape index (κ3) is 6.25. The highest BCUT2D eigenvalue weighted by Crippen LogP contribution is 2.24. The summed E-state index contributed by atoms with van der Waals surface area (Å²) in [5, 5.41) is 8.14. The average Bonchev–Trinajstić information content (AvgIpc) is 3.21. The van der Waals surface area contributed by atoms with Gasteiger partial charge in [0.15, 0.2) is 5.13 Å². The molecule has 0 saturated heterocycles. The quantitative estimate of drug-likeness (QED) is 0.439. The van der Waals surface area contributed by atoms with E-state index in [0.717, 1.165) is 22.0 Å². The predicted molar refractivity (Wildman–Crippen MR) is 126 cm³/mol. The molecule has 156 valence electrons. The largest absolute Gasteiger partial charge is 0.497 e. The zero-order chi connectivity index (χ0) is 21.3. The zero-order valence-electron chi connectivity index (χ0n) is 16.5. The maximum Gasteiger partial charge on any atom is 0.258 e. The van der Waals surface area contributed by atoms with Crippen LogP contribution in [0.1, 0.15) is 16.1 Å². The van der Waals surface area contributed by atoms with Crippen LogP contribution in [0, 0.1) is 0 Å². The normalized spacial score (nSPS) is 10.5. The van der Waals surface area contributed by atoms with Crippen molar-refractivity contribution in [1.82, 2.24) is 4.98 Å². The molecule has 0 aliphatic carbocycles. The Hall–Kier alpha value is -2.49. The molecule has 2 aromatic carbocycles. The molecule has 0 saturated carbocycles. The number of anilines is 2. The van der Waals surface area contributed by atoms with Crippen molar-refractivity contribution < 1.29 is 14.3 Å². The maximum absolute atomic E-state index is 12.5. The lowest BCUT2D eigenvalue weighted by Crippen LogP contribution is -2.14. The molecule has 2 amide bonds. The van der Waals surface area contributed by atoms with Crippen molar-refractivity contribution in [3.63, 3.8) is 0 Å². The van der Waals surface area contributed by atoms with Gasteiger partial charge in [0.05, 0.1) is 24.1 Å². The molecule has 1 heterocycles. The van der Waals surface area contributed by atoms with Gasteiger partial charge in [0.25, 0.3) is 5.91 Å². The van der Waals surface area contributed by atoms with Crippen molar-refractivity contribution in [3.05, 3.63) is 65.2 Å². The van der Waals surface area contributed by atoms with Gasteiger partial charge in [-0.25, -0.2) is 4.98 Å². The van der Waals surface area contributed by atoms with E-state index in [1.54, 1.807) is 37.4 Å². The van der Waals surface area contributed by atoms with E-state index >= 15 is 0 Å². The minimum Gasteiger partial charge on any atom is -0.497 e. The third-order valence-electron chi connectivity index (χ3n) is 3.98. The topological polar surface area (TPSA) is 80.3 Å². The fraction of sp³-hybridized carbons (Fsp3) is 0.190. The van der Waals surface area contributed by atoms with Crippen molar-refractivity contribution in [3.8, 4) is 5.75 Å². The highest BCUT2D eigenvalue weighted by atomic mass is 32.2. The first-order valence-electron chi connectivity index (χ1n) is 8.99. The van der Waals surface area contributed by atoms with Crippen LogP contribution in [0.3, 0.4) is 0 Å². The SMILES string of the molecule is COc1ccc(NC(=O)CSCc2csc(NC(=O)c3ccccc3SC)n2)cc1. The van der Waals surface area contributed by atoms with Gasteiger partial charge in [0.2, 0.25) is 5.91 Å². The Balaban J connectivity index is 1.46. The summed E-state index contributed by atoms with van der Waals surface area (Å²) in [6.45, 7) is 0. The molecule has 0 spiro atoms. The Kier molecular flexibility index (Phi) is 8.18. The monoisotopic (exact) mass is 459 g/mol. The number of aromatic nitrogens is 1. The molecular formula is C21H21N3O3S3. The van der Waals surface area contributed by atoms with E-state index in [1.165, 1.54) is 34.9 Å². The summed E-state index contributed by atoms with van der Waals surface area (Å²) in [5.74, 6) is 1.39. The summed E-state index contributed by atoms with van der Waals surface area (Å²) in [7, 11) is 1.60. The van der Waals surface area contributed by atoms with Crippen LogP contribution < -0.4 is 15.4 Å². The third-order valence-corrected chi connectivity index (χ3v) is 6.55. The molecule has 30 heavy (non-hydrogen) atoms. The number of nitrogens with one attached hydrogen (secondary N) is 2. The van der Waals surface area contributed by atoms with Crippen LogP contribution in [-0.2, 0) is 10.5 Å². The molecule has 0 aliphatic rings. The molecule has 0 bridgehead atoms. The van der Waals surface area contributed by atoms with Gasteiger partial charge in [-0.15, -0.1) is 34.9 Å². The highest BCUT2D eigenvalue weighted by molar-refractivity contribution is 7.99. The number of benzene rings is 2. The van der Waals surface area contributed by atoms with Gasteiger partial charge in [0.1, 0.15) is 5.75 Å². The highest BCUT2D eigenvalue weighted by Gasteiger charge is 2.13. The number of thiazole rings is 1. The molecule has 0 unspecified atom stereocenters.